The van der Waals surface area contributed by atoms with E-state index in [4.69, 9.17) is 17.4 Å². The molecule has 0 aliphatic rings. The number of amides is 1. The summed E-state index contributed by atoms with van der Waals surface area (Å²) < 4.78 is 13.6. The predicted molar refractivity (Wildman–Crippen MR) is 73.6 cm³/mol. The van der Waals surface area contributed by atoms with Gasteiger partial charge in [0.05, 0.1) is 16.9 Å². The number of anilines is 2. The molecule has 4 nitrogen and oxygen atoms in total. The molecule has 0 spiro atoms. The second-order valence-electron chi connectivity index (χ2n) is 3.77. The van der Waals surface area contributed by atoms with Crippen LogP contribution in [0.25, 0.3) is 0 Å². The first-order valence-electron chi connectivity index (χ1n) is 5.44. The van der Waals surface area contributed by atoms with Crippen molar-refractivity contribution in [1.29, 1.82) is 0 Å². The first-order valence-corrected chi connectivity index (χ1v) is 5.81. The molecule has 2 aromatic carbocycles. The molecule has 2 rings (SSSR count). The summed E-state index contributed by atoms with van der Waals surface area (Å²) in [4.78, 5) is 12.0. The van der Waals surface area contributed by atoms with Gasteiger partial charge in [0.1, 0.15) is 5.82 Å². The van der Waals surface area contributed by atoms with E-state index in [1.807, 2.05) is 0 Å². The lowest BCUT2D eigenvalue weighted by Gasteiger charge is -2.10. The van der Waals surface area contributed by atoms with E-state index in [1.54, 1.807) is 24.3 Å². The van der Waals surface area contributed by atoms with Gasteiger partial charge in [0.2, 0.25) is 0 Å². The normalized spacial score (nSPS) is 10.1. The zero-order valence-electron chi connectivity index (χ0n) is 9.78. The van der Waals surface area contributed by atoms with Gasteiger partial charge in [-0.1, -0.05) is 23.7 Å². The quantitative estimate of drug-likeness (QED) is 0.598. The molecular weight excluding hydrogens is 269 g/mol. The Hall–Kier alpha value is -2.11. The van der Waals surface area contributed by atoms with Crippen LogP contribution in [0.5, 0.6) is 0 Å². The summed E-state index contributed by atoms with van der Waals surface area (Å²) in [5, 5.41) is 2.72. The van der Waals surface area contributed by atoms with Crippen LogP contribution >= 0.6 is 11.6 Å². The fraction of sp³-hybridized carbons (Fsp3) is 0. The number of carbonyl (C=O) groups excluding carboxylic acids is 1. The van der Waals surface area contributed by atoms with Crippen LogP contribution < -0.4 is 16.6 Å². The molecule has 0 bridgehead atoms. The molecule has 0 saturated carbocycles. The average molecular weight is 280 g/mol. The van der Waals surface area contributed by atoms with E-state index in [0.717, 1.165) is 6.07 Å². The Labute approximate surface area is 114 Å². The van der Waals surface area contributed by atoms with E-state index in [2.05, 4.69) is 10.7 Å². The van der Waals surface area contributed by atoms with Crippen LogP contribution in [0.1, 0.15) is 10.4 Å². The number of carbonyl (C=O) groups is 1. The van der Waals surface area contributed by atoms with E-state index in [1.165, 1.54) is 12.1 Å². The van der Waals surface area contributed by atoms with Gasteiger partial charge in [-0.2, -0.15) is 0 Å². The Balaban J connectivity index is 2.26. The van der Waals surface area contributed by atoms with Crippen molar-refractivity contribution in [3.63, 3.8) is 0 Å². The van der Waals surface area contributed by atoms with Gasteiger partial charge in [-0.25, -0.2) is 4.39 Å². The van der Waals surface area contributed by atoms with Crippen molar-refractivity contribution in [3.05, 3.63) is 58.9 Å². The zero-order chi connectivity index (χ0) is 13.8. The molecule has 0 heterocycles. The molecule has 4 N–H and O–H groups in total. The third-order valence-corrected chi connectivity index (χ3v) is 2.74. The molecule has 1 amide bonds. The van der Waals surface area contributed by atoms with Gasteiger partial charge in [-0.05, 0) is 30.3 Å². The number of nitrogen functional groups attached to an aromatic ring is 1. The highest BCUT2D eigenvalue weighted by molar-refractivity contribution is 6.30. The first-order chi connectivity index (χ1) is 9.11. The van der Waals surface area contributed by atoms with Crippen molar-refractivity contribution in [2.24, 2.45) is 5.84 Å². The maximum atomic E-state index is 13.6. The maximum absolute atomic E-state index is 13.6. The van der Waals surface area contributed by atoms with E-state index in [-0.39, 0.29) is 10.7 Å². The standard InChI is InChI=1S/C13H11ClFN3O/c14-8-5-6-12(10(15)7-8)17-13(19)9-3-1-2-4-11(9)18-16/h1-7,18H,16H2,(H,17,19). The molecule has 0 aromatic heterocycles. The fourth-order valence-corrected chi connectivity index (χ4v) is 1.75. The van der Waals surface area contributed by atoms with Gasteiger partial charge in [-0.3, -0.25) is 10.6 Å². The van der Waals surface area contributed by atoms with Crippen LogP contribution in [-0.4, -0.2) is 5.91 Å². The van der Waals surface area contributed by atoms with E-state index in [0.29, 0.717) is 11.3 Å². The highest BCUT2D eigenvalue weighted by Gasteiger charge is 2.12. The SMILES string of the molecule is NNc1ccccc1C(=O)Nc1ccc(Cl)cc1F. The molecular formula is C13H11ClFN3O. The molecule has 0 aliphatic carbocycles. The van der Waals surface area contributed by atoms with Crippen LogP contribution in [0, 0.1) is 5.82 Å². The topological polar surface area (TPSA) is 67.1 Å². The van der Waals surface area contributed by atoms with Crippen LogP contribution in [0.3, 0.4) is 0 Å². The Kier molecular flexibility index (Phi) is 3.99. The first kappa shape index (κ1) is 13.3. The highest BCUT2D eigenvalue weighted by Crippen LogP contribution is 2.21. The Morgan fingerprint density at radius 3 is 2.58 bits per heavy atom. The lowest BCUT2D eigenvalue weighted by atomic mass is 10.1. The Morgan fingerprint density at radius 2 is 1.89 bits per heavy atom. The number of hydrogen-bond acceptors (Lipinski definition) is 3. The number of rotatable bonds is 3. The molecule has 0 unspecified atom stereocenters. The van der Waals surface area contributed by atoms with Gasteiger partial charge < -0.3 is 10.7 Å². The number of hydrazine groups is 1. The molecule has 98 valence electrons. The van der Waals surface area contributed by atoms with E-state index < -0.39 is 11.7 Å². The second kappa shape index (κ2) is 5.69. The predicted octanol–water partition coefficient (Wildman–Crippen LogP) is 3.02. The van der Waals surface area contributed by atoms with Crippen LogP contribution in [-0.2, 0) is 0 Å². The largest absolute Gasteiger partial charge is 0.323 e. The zero-order valence-corrected chi connectivity index (χ0v) is 10.5. The molecule has 0 atom stereocenters. The molecule has 0 aliphatic heterocycles. The fourth-order valence-electron chi connectivity index (χ4n) is 1.59. The van der Waals surface area contributed by atoms with E-state index >= 15 is 0 Å². The highest BCUT2D eigenvalue weighted by atomic mass is 35.5. The van der Waals surface area contributed by atoms with Crippen molar-refractivity contribution in [3.8, 4) is 0 Å². The molecule has 0 saturated heterocycles. The number of nitrogens with two attached hydrogens (primary N) is 1. The van der Waals surface area contributed by atoms with Crippen molar-refractivity contribution in [2.75, 3.05) is 10.7 Å². The monoisotopic (exact) mass is 279 g/mol. The maximum Gasteiger partial charge on any atom is 0.257 e. The summed E-state index contributed by atoms with van der Waals surface area (Å²) >= 11 is 5.64. The van der Waals surface area contributed by atoms with Crippen molar-refractivity contribution >= 4 is 28.9 Å². The number of halogens is 2. The van der Waals surface area contributed by atoms with Crippen molar-refractivity contribution in [2.45, 2.75) is 0 Å². The molecule has 6 heteroatoms. The minimum absolute atomic E-state index is 0.0567. The minimum atomic E-state index is -0.598. The van der Waals surface area contributed by atoms with Gasteiger partial charge in [0.15, 0.2) is 0 Å². The van der Waals surface area contributed by atoms with Gasteiger partial charge >= 0.3 is 0 Å². The number of nitrogens with one attached hydrogen (secondary N) is 2. The van der Waals surface area contributed by atoms with Gasteiger partial charge in [0.25, 0.3) is 5.91 Å². The number of para-hydroxylation sites is 1. The summed E-state index contributed by atoms with van der Waals surface area (Å²) in [5.74, 6) is 4.25. The van der Waals surface area contributed by atoms with Crippen molar-refractivity contribution < 1.29 is 9.18 Å². The summed E-state index contributed by atoms with van der Waals surface area (Å²) in [6.07, 6.45) is 0. The van der Waals surface area contributed by atoms with Crippen LogP contribution in [0.2, 0.25) is 5.02 Å². The molecule has 2 aromatic rings. The molecule has 0 fully saturated rings. The lowest BCUT2D eigenvalue weighted by Crippen LogP contribution is -2.17. The summed E-state index contributed by atoms with van der Waals surface area (Å²) in [5.41, 5.74) is 3.24. The van der Waals surface area contributed by atoms with E-state index in [9.17, 15) is 9.18 Å². The van der Waals surface area contributed by atoms with Gasteiger partial charge in [-0.15, -0.1) is 0 Å². The van der Waals surface area contributed by atoms with Gasteiger partial charge in [0, 0.05) is 5.02 Å². The summed E-state index contributed by atoms with van der Waals surface area (Å²) in [6, 6.07) is 10.7. The third kappa shape index (κ3) is 3.01. The van der Waals surface area contributed by atoms with Crippen LogP contribution in [0.4, 0.5) is 15.8 Å². The Bertz CT molecular complexity index is 619. The average Bonchev–Trinajstić information content (AvgIpc) is 2.41. The third-order valence-electron chi connectivity index (χ3n) is 2.51. The second-order valence-corrected chi connectivity index (χ2v) is 4.20. The Morgan fingerprint density at radius 1 is 1.16 bits per heavy atom. The number of hydrogen-bond donors (Lipinski definition) is 3. The van der Waals surface area contributed by atoms with Crippen molar-refractivity contribution in [1.82, 2.24) is 0 Å². The minimum Gasteiger partial charge on any atom is -0.323 e. The summed E-state index contributed by atoms with van der Waals surface area (Å²) in [6.45, 7) is 0. The molecule has 0 radical (unpaired) electrons. The smallest absolute Gasteiger partial charge is 0.257 e. The number of benzene rings is 2. The summed E-state index contributed by atoms with van der Waals surface area (Å²) in [7, 11) is 0. The molecule has 19 heavy (non-hydrogen) atoms. The lowest BCUT2D eigenvalue weighted by molar-refractivity contribution is 0.102. The van der Waals surface area contributed by atoms with Crippen LogP contribution in [0.15, 0.2) is 42.5 Å².